The SMILES string of the molecule is CN1CC=C(n2cccc(N)c2=O)CC1. The first-order chi connectivity index (χ1) is 7.18. The number of nitrogens with two attached hydrogens (primary N) is 1. The van der Waals surface area contributed by atoms with Gasteiger partial charge in [0.1, 0.15) is 0 Å². The van der Waals surface area contributed by atoms with E-state index in [1.54, 1.807) is 22.9 Å². The first-order valence-corrected chi connectivity index (χ1v) is 5.03. The quantitative estimate of drug-likeness (QED) is 0.730. The Morgan fingerprint density at radius 3 is 2.93 bits per heavy atom. The molecule has 1 aliphatic heterocycles. The predicted molar refractivity (Wildman–Crippen MR) is 61.5 cm³/mol. The molecule has 0 fully saturated rings. The maximum absolute atomic E-state index is 11.7. The summed E-state index contributed by atoms with van der Waals surface area (Å²) in [6.07, 6.45) is 4.74. The summed E-state index contributed by atoms with van der Waals surface area (Å²) in [6.45, 7) is 1.86. The van der Waals surface area contributed by atoms with E-state index in [0.29, 0.717) is 5.69 Å². The second-order valence-electron chi connectivity index (χ2n) is 3.85. The van der Waals surface area contributed by atoms with E-state index in [2.05, 4.69) is 18.0 Å². The van der Waals surface area contributed by atoms with Gasteiger partial charge in [0.2, 0.25) is 0 Å². The van der Waals surface area contributed by atoms with Gasteiger partial charge in [0, 0.05) is 31.4 Å². The fourth-order valence-corrected chi connectivity index (χ4v) is 1.72. The van der Waals surface area contributed by atoms with Crippen LogP contribution in [0.25, 0.3) is 5.70 Å². The summed E-state index contributed by atoms with van der Waals surface area (Å²) in [6, 6.07) is 3.43. The van der Waals surface area contributed by atoms with Crippen molar-refractivity contribution in [3.8, 4) is 0 Å². The number of hydrogen-bond acceptors (Lipinski definition) is 3. The Morgan fingerprint density at radius 2 is 2.27 bits per heavy atom. The Kier molecular flexibility index (Phi) is 2.60. The van der Waals surface area contributed by atoms with E-state index < -0.39 is 0 Å². The molecule has 4 heteroatoms. The van der Waals surface area contributed by atoms with Crippen molar-refractivity contribution in [3.05, 3.63) is 34.8 Å². The molecule has 15 heavy (non-hydrogen) atoms. The molecule has 0 bridgehead atoms. The van der Waals surface area contributed by atoms with Gasteiger partial charge in [-0.05, 0) is 19.2 Å². The zero-order valence-electron chi connectivity index (χ0n) is 8.81. The number of nitrogen functional groups attached to an aromatic ring is 1. The molecule has 0 saturated heterocycles. The van der Waals surface area contributed by atoms with E-state index in [1.807, 2.05) is 0 Å². The molecular formula is C11H15N3O. The molecule has 2 heterocycles. The van der Waals surface area contributed by atoms with E-state index in [4.69, 9.17) is 5.73 Å². The maximum atomic E-state index is 11.7. The van der Waals surface area contributed by atoms with E-state index in [1.165, 1.54) is 0 Å². The number of aromatic nitrogens is 1. The van der Waals surface area contributed by atoms with Crippen LogP contribution in [0.5, 0.6) is 0 Å². The van der Waals surface area contributed by atoms with E-state index in [9.17, 15) is 4.79 Å². The number of nitrogens with zero attached hydrogens (tertiary/aromatic N) is 2. The van der Waals surface area contributed by atoms with Gasteiger partial charge in [0.25, 0.3) is 5.56 Å². The van der Waals surface area contributed by atoms with Gasteiger partial charge in [-0.25, -0.2) is 0 Å². The van der Waals surface area contributed by atoms with Crippen LogP contribution in [0.4, 0.5) is 5.69 Å². The summed E-state index contributed by atoms with van der Waals surface area (Å²) < 4.78 is 1.64. The van der Waals surface area contributed by atoms with Crippen molar-refractivity contribution in [2.45, 2.75) is 6.42 Å². The smallest absolute Gasteiger partial charge is 0.277 e. The molecule has 1 aliphatic rings. The molecule has 80 valence electrons. The van der Waals surface area contributed by atoms with Crippen molar-refractivity contribution < 1.29 is 0 Å². The lowest BCUT2D eigenvalue weighted by Crippen LogP contribution is -2.29. The highest BCUT2D eigenvalue weighted by Crippen LogP contribution is 2.13. The molecule has 1 aromatic heterocycles. The number of pyridine rings is 1. The molecule has 0 aliphatic carbocycles. The normalized spacial score (nSPS) is 17.5. The summed E-state index contributed by atoms with van der Waals surface area (Å²) in [5.74, 6) is 0. The molecule has 0 saturated carbocycles. The Morgan fingerprint density at radius 1 is 1.47 bits per heavy atom. The lowest BCUT2D eigenvalue weighted by atomic mass is 10.2. The number of rotatable bonds is 1. The summed E-state index contributed by atoms with van der Waals surface area (Å²) in [5.41, 5.74) is 6.82. The topological polar surface area (TPSA) is 51.3 Å². The van der Waals surface area contributed by atoms with Crippen LogP contribution >= 0.6 is 0 Å². The monoisotopic (exact) mass is 205 g/mol. The molecule has 1 aromatic rings. The minimum absolute atomic E-state index is 0.117. The highest BCUT2D eigenvalue weighted by atomic mass is 16.1. The number of anilines is 1. The minimum atomic E-state index is -0.117. The summed E-state index contributed by atoms with van der Waals surface area (Å²) >= 11 is 0. The third kappa shape index (κ3) is 1.94. The molecule has 0 unspecified atom stereocenters. The van der Waals surface area contributed by atoms with Crippen molar-refractivity contribution in [1.29, 1.82) is 0 Å². The average Bonchev–Trinajstić information content (AvgIpc) is 2.24. The van der Waals surface area contributed by atoms with Crippen LogP contribution in [-0.2, 0) is 0 Å². The van der Waals surface area contributed by atoms with Crippen LogP contribution in [0, 0.1) is 0 Å². The summed E-state index contributed by atoms with van der Waals surface area (Å²) in [7, 11) is 2.06. The van der Waals surface area contributed by atoms with Crippen molar-refractivity contribution in [2.75, 3.05) is 25.9 Å². The van der Waals surface area contributed by atoms with E-state index >= 15 is 0 Å². The molecule has 0 atom stereocenters. The Labute approximate surface area is 88.6 Å². The van der Waals surface area contributed by atoms with Crippen LogP contribution in [0.15, 0.2) is 29.2 Å². The second-order valence-corrected chi connectivity index (χ2v) is 3.85. The summed E-state index contributed by atoms with van der Waals surface area (Å²) in [5, 5.41) is 0. The van der Waals surface area contributed by atoms with Gasteiger partial charge < -0.3 is 10.6 Å². The average molecular weight is 205 g/mol. The Balaban J connectivity index is 2.38. The van der Waals surface area contributed by atoms with Gasteiger partial charge in [-0.2, -0.15) is 0 Å². The Bertz CT molecular complexity index is 447. The zero-order chi connectivity index (χ0) is 10.8. The van der Waals surface area contributed by atoms with Crippen LogP contribution in [-0.4, -0.2) is 29.6 Å². The number of hydrogen-bond donors (Lipinski definition) is 1. The van der Waals surface area contributed by atoms with Crippen molar-refractivity contribution in [3.63, 3.8) is 0 Å². The third-order valence-corrected chi connectivity index (χ3v) is 2.67. The fourth-order valence-electron chi connectivity index (χ4n) is 1.72. The molecule has 4 nitrogen and oxygen atoms in total. The lowest BCUT2D eigenvalue weighted by Gasteiger charge is -2.22. The van der Waals surface area contributed by atoms with Gasteiger partial charge in [0.15, 0.2) is 0 Å². The van der Waals surface area contributed by atoms with Crippen LogP contribution in [0.2, 0.25) is 0 Å². The van der Waals surface area contributed by atoms with Gasteiger partial charge in [0.05, 0.1) is 5.69 Å². The first kappa shape index (κ1) is 9.98. The van der Waals surface area contributed by atoms with Crippen LogP contribution in [0.1, 0.15) is 6.42 Å². The third-order valence-electron chi connectivity index (χ3n) is 2.67. The van der Waals surface area contributed by atoms with E-state index in [0.717, 1.165) is 25.2 Å². The maximum Gasteiger partial charge on any atom is 0.277 e. The van der Waals surface area contributed by atoms with Gasteiger partial charge >= 0.3 is 0 Å². The summed E-state index contributed by atoms with van der Waals surface area (Å²) in [4.78, 5) is 13.9. The van der Waals surface area contributed by atoms with Crippen LogP contribution < -0.4 is 11.3 Å². The Hall–Kier alpha value is -1.55. The van der Waals surface area contributed by atoms with Crippen molar-refractivity contribution >= 4 is 11.4 Å². The zero-order valence-corrected chi connectivity index (χ0v) is 8.81. The molecule has 0 aromatic carbocycles. The van der Waals surface area contributed by atoms with Crippen molar-refractivity contribution in [2.24, 2.45) is 0 Å². The lowest BCUT2D eigenvalue weighted by molar-refractivity contribution is 0.366. The van der Waals surface area contributed by atoms with Crippen LogP contribution in [0.3, 0.4) is 0 Å². The molecule has 2 rings (SSSR count). The highest BCUT2D eigenvalue weighted by molar-refractivity contribution is 5.50. The number of likely N-dealkylation sites (N-methyl/N-ethyl adjacent to an activating group) is 1. The minimum Gasteiger partial charge on any atom is -0.394 e. The molecular weight excluding hydrogens is 190 g/mol. The molecule has 0 amide bonds. The van der Waals surface area contributed by atoms with Crippen molar-refractivity contribution in [1.82, 2.24) is 9.47 Å². The largest absolute Gasteiger partial charge is 0.394 e. The van der Waals surface area contributed by atoms with Gasteiger partial charge in [-0.15, -0.1) is 0 Å². The van der Waals surface area contributed by atoms with Gasteiger partial charge in [-0.1, -0.05) is 6.08 Å². The molecule has 0 spiro atoms. The highest BCUT2D eigenvalue weighted by Gasteiger charge is 2.10. The standard InChI is InChI=1S/C11H15N3O/c1-13-7-4-9(5-8-13)14-6-2-3-10(12)11(14)15/h2-4,6H,5,7-8,12H2,1H3. The molecule has 0 radical (unpaired) electrons. The predicted octanol–water partition coefficient (Wildman–Crippen LogP) is 0.607. The van der Waals surface area contributed by atoms with Gasteiger partial charge in [-0.3, -0.25) is 9.36 Å². The fraction of sp³-hybridized carbons (Fsp3) is 0.364. The first-order valence-electron chi connectivity index (χ1n) is 5.03. The van der Waals surface area contributed by atoms with E-state index in [-0.39, 0.29) is 5.56 Å². The second kappa shape index (κ2) is 3.90. The molecule has 2 N–H and O–H groups in total.